The Hall–Kier alpha value is -0.160. The minimum absolute atomic E-state index is 0.192. The van der Waals surface area contributed by atoms with E-state index in [1.54, 1.807) is 0 Å². The van der Waals surface area contributed by atoms with Gasteiger partial charge in [-0.15, -0.1) is 0 Å². The molecule has 1 saturated heterocycles. The lowest BCUT2D eigenvalue weighted by Gasteiger charge is -2.49. The highest BCUT2D eigenvalue weighted by atomic mass is 16.5. The predicted molar refractivity (Wildman–Crippen MR) is 72.7 cm³/mol. The normalized spacial score (nSPS) is 35.0. The number of methoxy groups -OCH3 is 1. The fourth-order valence-corrected chi connectivity index (χ4v) is 3.52. The van der Waals surface area contributed by atoms with E-state index in [0.717, 1.165) is 58.3 Å². The summed E-state index contributed by atoms with van der Waals surface area (Å²) in [6, 6.07) is 0.640. The standard InChI is InChI=1S/C14H28N2O2/c1-16(12-5-9-18-10-6-12)14(11-15)7-3-13(17-2)4-8-14/h12-13H,3-11,15H2,1-2H3. The topological polar surface area (TPSA) is 47.7 Å². The van der Waals surface area contributed by atoms with Crippen LogP contribution in [0, 0.1) is 0 Å². The van der Waals surface area contributed by atoms with E-state index in [1.807, 2.05) is 7.11 Å². The average molecular weight is 256 g/mol. The highest BCUT2D eigenvalue weighted by Gasteiger charge is 2.40. The van der Waals surface area contributed by atoms with Crippen LogP contribution >= 0.6 is 0 Å². The van der Waals surface area contributed by atoms with E-state index in [-0.39, 0.29) is 5.54 Å². The molecule has 4 nitrogen and oxygen atoms in total. The van der Waals surface area contributed by atoms with E-state index < -0.39 is 0 Å². The molecule has 0 amide bonds. The summed E-state index contributed by atoms with van der Waals surface area (Å²) in [5.74, 6) is 0. The minimum Gasteiger partial charge on any atom is -0.381 e. The minimum atomic E-state index is 0.192. The monoisotopic (exact) mass is 256 g/mol. The van der Waals surface area contributed by atoms with Crippen molar-refractivity contribution in [3.8, 4) is 0 Å². The fourth-order valence-electron chi connectivity index (χ4n) is 3.52. The summed E-state index contributed by atoms with van der Waals surface area (Å²) in [5, 5.41) is 0. The van der Waals surface area contributed by atoms with Crippen molar-refractivity contribution in [1.29, 1.82) is 0 Å². The highest BCUT2D eigenvalue weighted by Crippen LogP contribution is 2.35. The van der Waals surface area contributed by atoms with Crippen molar-refractivity contribution in [2.45, 2.75) is 56.2 Å². The molecule has 0 spiro atoms. The van der Waals surface area contributed by atoms with E-state index in [1.165, 1.54) is 0 Å². The van der Waals surface area contributed by atoms with Crippen molar-refractivity contribution in [2.75, 3.05) is 33.9 Å². The van der Waals surface area contributed by atoms with Crippen molar-refractivity contribution in [3.05, 3.63) is 0 Å². The molecule has 0 aromatic carbocycles. The molecule has 0 radical (unpaired) electrons. The van der Waals surface area contributed by atoms with Gasteiger partial charge in [0, 0.05) is 38.4 Å². The number of hydrogen-bond acceptors (Lipinski definition) is 4. The van der Waals surface area contributed by atoms with Gasteiger partial charge in [0.05, 0.1) is 6.10 Å². The molecular formula is C14H28N2O2. The first kappa shape index (κ1) is 14.3. The van der Waals surface area contributed by atoms with E-state index in [9.17, 15) is 0 Å². The molecule has 1 aliphatic carbocycles. The lowest BCUT2D eigenvalue weighted by Crippen LogP contribution is -2.58. The molecule has 106 valence electrons. The van der Waals surface area contributed by atoms with Gasteiger partial charge in [0.25, 0.3) is 0 Å². The Morgan fingerprint density at radius 2 is 1.83 bits per heavy atom. The molecule has 0 bridgehead atoms. The largest absolute Gasteiger partial charge is 0.381 e. The molecule has 4 heteroatoms. The van der Waals surface area contributed by atoms with Gasteiger partial charge in [-0.05, 0) is 45.6 Å². The SMILES string of the molecule is COC1CCC(CN)(N(C)C2CCOCC2)CC1. The van der Waals surface area contributed by atoms with Crippen molar-refractivity contribution >= 4 is 0 Å². The maximum Gasteiger partial charge on any atom is 0.0572 e. The molecule has 0 atom stereocenters. The molecule has 2 fully saturated rings. The summed E-state index contributed by atoms with van der Waals surface area (Å²) < 4.78 is 10.9. The molecule has 1 heterocycles. The number of hydrogen-bond donors (Lipinski definition) is 1. The van der Waals surface area contributed by atoms with Gasteiger partial charge >= 0.3 is 0 Å². The van der Waals surface area contributed by atoms with Crippen molar-refractivity contribution in [3.63, 3.8) is 0 Å². The summed E-state index contributed by atoms with van der Waals surface area (Å²) in [6.45, 7) is 2.56. The van der Waals surface area contributed by atoms with Crippen LogP contribution in [-0.4, -0.2) is 56.5 Å². The quantitative estimate of drug-likeness (QED) is 0.825. The Balaban J connectivity index is 1.98. The molecule has 18 heavy (non-hydrogen) atoms. The molecule has 2 aliphatic rings. The van der Waals surface area contributed by atoms with Gasteiger partial charge in [-0.25, -0.2) is 0 Å². The molecule has 0 unspecified atom stereocenters. The second-order valence-corrected chi connectivity index (χ2v) is 5.82. The summed E-state index contributed by atoms with van der Waals surface area (Å²) in [5.41, 5.74) is 6.31. The van der Waals surface area contributed by atoms with Gasteiger partial charge in [-0.1, -0.05) is 0 Å². The van der Waals surface area contributed by atoms with Crippen LogP contribution in [0.3, 0.4) is 0 Å². The van der Waals surface area contributed by atoms with Crippen LogP contribution in [0.5, 0.6) is 0 Å². The third kappa shape index (κ3) is 2.87. The summed E-state index contributed by atoms with van der Waals surface area (Å²) in [7, 11) is 4.08. The number of nitrogens with two attached hydrogens (primary N) is 1. The molecule has 0 aromatic heterocycles. The van der Waals surface area contributed by atoms with Gasteiger partial charge in [0.15, 0.2) is 0 Å². The van der Waals surface area contributed by atoms with Gasteiger partial charge < -0.3 is 15.2 Å². The summed E-state index contributed by atoms with van der Waals surface area (Å²) in [6.07, 6.45) is 7.33. The maximum absolute atomic E-state index is 6.12. The van der Waals surface area contributed by atoms with Crippen LogP contribution in [0.4, 0.5) is 0 Å². The Bertz CT molecular complexity index is 246. The van der Waals surface area contributed by atoms with Crippen LogP contribution in [0.1, 0.15) is 38.5 Å². The molecule has 1 aliphatic heterocycles. The molecule has 1 saturated carbocycles. The highest BCUT2D eigenvalue weighted by molar-refractivity contribution is 4.97. The van der Waals surface area contributed by atoms with E-state index >= 15 is 0 Å². The lowest BCUT2D eigenvalue weighted by molar-refractivity contribution is -0.0402. The zero-order chi connectivity index (χ0) is 13.0. The van der Waals surface area contributed by atoms with E-state index in [0.29, 0.717) is 12.1 Å². The average Bonchev–Trinajstić information content (AvgIpc) is 2.47. The zero-order valence-corrected chi connectivity index (χ0v) is 11.9. The van der Waals surface area contributed by atoms with Gasteiger partial charge in [0.2, 0.25) is 0 Å². The molecular weight excluding hydrogens is 228 g/mol. The molecule has 2 rings (SSSR count). The first-order valence-corrected chi connectivity index (χ1v) is 7.25. The summed E-state index contributed by atoms with van der Waals surface area (Å²) in [4.78, 5) is 2.56. The number of rotatable bonds is 4. The predicted octanol–water partition coefficient (Wildman–Crippen LogP) is 1.38. The van der Waals surface area contributed by atoms with E-state index in [4.69, 9.17) is 15.2 Å². The Morgan fingerprint density at radius 1 is 1.22 bits per heavy atom. The van der Waals surface area contributed by atoms with Crippen molar-refractivity contribution < 1.29 is 9.47 Å². The van der Waals surface area contributed by atoms with Crippen molar-refractivity contribution in [1.82, 2.24) is 4.90 Å². The van der Waals surface area contributed by atoms with Crippen LogP contribution in [-0.2, 0) is 9.47 Å². The van der Waals surface area contributed by atoms with Gasteiger partial charge in [-0.3, -0.25) is 4.90 Å². The molecule has 2 N–H and O–H groups in total. The Kier molecular flexibility index (Phi) is 5.01. The Morgan fingerprint density at radius 3 is 2.33 bits per heavy atom. The smallest absolute Gasteiger partial charge is 0.0572 e. The second kappa shape index (κ2) is 6.33. The van der Waals surface area contributed by atoms with Crippen LogP contribution in [0.15, 0.2) is 0 Å². The third-order valence-electron chi connectivity index (χ3n) is 5.06. The van der Waals surface area contributed by atoms with Crippen LogP contribution in [0.2, 0.25) is 0 Å². The van der Waals surface area contributed by atoms with Crippen LogP contribution in [0.25, 0.3) is 0 Å². The third-order valence-corrected chi connectivity index (χ3v) is 5.06. The number of nitrogens with zero attached hydrogens (tertiary/aromatic N) is 1. The van der Waals surface area contributed by atoms with Gasteiger partial charge in [0.1, 0.15) is 0 Å². The fraction of sp³-hybridized carbons (Fsp3) is 1.00. The van der Waals surface area contributed by atoms with E-state index in [2.05, 4.69) is 11.9 Å². The van der Waals surface area contributed by atoms with Gasteiger partial charge in [-0.2, -0.15) is 0 Å². The molecule has 0 aromatic rings. The lowest BCUT2D eigenvalue weighted by atomic mass is 9.78. The number of likely N-dealkylation sites (N-methyl/N-ethyl adjacent to an activating group) is 1. The summed E-state index contributed by atoms with van der Waals surface area (Å²) >= 11 is 0. The number of ether oxygens (including phenoxy) is 2. The second-order valence-electron chi connectivity index (χ2n) is 5.82. The van der Waals surface area contributed by atoms with Crippen molar-refractivity contribution in [2.24, 2.45) is 5.73 Å². The van der Waals surface area contributed by atoms with Crippen LogP contribution < -0.4 is 5.73 Å². The maximum atomic E-state index is 6.12. The first-order chi connectivity index (χ1) is 8.72. The first-order valence-electron chi connectivity index (χ1n) is 7.25. The Labute approximate surface area is 111 Å². The zero-order valence-electron chi connectivity index (χ0n) is 11.9.